The molecular weight excluding hydrogens is 403 g/mol. The lowest BCUT2D eigenvalue weighted by Gasteiger charge is -2.09. The number of hydrogen-bond donors (Lipinski definition) is 2. The van der Waals surface area contributed by atoms with Crippen LogP contribution in [0.2, 0.25) is 0 Å². The highest BCUT2D eigenvalue weighted by Crippen LogP contribution is 2.30. The zero-order valence-electron chi connectivity index (χ0n) is 13.6. The van der Waals surface area contributed by atoms with Gasteiger partial charge in [0.1, 0.15) is 11.9 Å². The van der Waals surface area contributed by atoms with Gasteiger partial charge in [-0.3, -0.25) is 0 Å². The number of sulfonamides is 1. The maximum atomic E-state index is 12.6. The Morgan fingerprint density at radius 3 is 2.41 bits per heavy atom. The second-order valence-corrected chi connectivity index (χ2v) is 8.54. The number of nitrogens with one attached hydrogen (secondary N) is 1. The fourth-order valence-corrected chi connectivity index (χ4v) is 4.34. The van der Waals surface area contributed by atoms with Gasteiger partial charge in [0, 0.05) is 16.3 Å². The van der Waals surface area contributed by atoms with Gasteiger partial charge in [-0.2, -0.15) is 13.2 Å². The van der Waals surface area contributed by atoms with E-state index in [0.717, 1.165) is 24.3 Å². The van der Waals surface area contributed by atoms with Crippen LogP contribution < -0.4 is 4.72 Å². The van der Waals surface area contributed by atoms with Gasteiger partial charge in [-0.1, -0.05) is 0 Å². The molecule has 1 aromatic carbocycles. The zero-order valence-corrected chi connectivity index (χ0v) is 15.2. The van der Waals surface area contributed by atoms with Crippen LogP contribution in [-0.2, 0) is 22.7 Å². The predicted molar refractivity (Wildman–Crippen MR) is 92.6 cm³/mol. The summed E-state index contributed by atoms with van der Waals surface area (Å²) in [6.07, 6.45) is -4.05. The molecule has 0 saturated carbocycles. The highest BCUT2D eigenvalue weighted by Gasteiger charge is 2.30. The Bertz CT molecular complexity index is 994. The van der Waals surface area contributed by atoms with Gasteiger partial charge in [-0.05, 0) is 48.5 Å². The van der Waals surface area contributed by atoms with Crippen LogP contribution in [0.1, 0.15) is 27.2 Å². The first-order valence-electron chi connectivity index (χ1n) is 7.64. The normalized spacial score (nSPS) is 13.6. The number of aliphatic hydroxyl groups excluding tert-OH is 1. The first-order chi connectivity index (χ1) is 12.7. The van der Waals surface area contributed by atoms with Crippen molar-refractivity contribution in [2.75, 3.05) is 0 Å². The van der Waals surface area contributed by atoms with E-state index in [0.29, 0.717) is 15.5 Å². The first kappa shape index (κ1) is 19.6. The average molecular weight is 417 g/mol. The number of furan rings is 1. The van der Waals surface area contributed by atoms with Gasteiger partial charge in [0.15, 0.2) is 0 Å². The quantitative estimate of drug-likeness (QED) is 0.637. The molecule has 0 saturated heterocycles. The Kier molecular flexibility index (Phi) is 5.43. The summed E-state index contributed by atoms with van der Waals surface area (Å²) in [5, 5.41) is 10.2. The van der Waals surface area contributed by atoms with Crippen molar-refractivity contribution >= 4 is 21.4 Å². The molecule has 144 valence electrons. The van der Waals surface area contributed by atoms with Crippen molar-refractivity contribution in [1.82, 2.24) is 4.72 Å². The molecule has 10 heteroatoms. The summed E-state index contributed by atoms with van der Waals surface area (Å²) < 4.78 is 69.6. The molecule has 0 aliphatic heterocycles. The molecule has 1 atom stereocenters. The summed E-state index contributed by atoms with van der Waals surface area (Å²) >= 11 is 1.20. The summed E-state index contributed by atoms with van der Waals surface area (Å²) in [7, 11) is -3.97. The minimum Gasteiger partial charge on any atom is -0.466 e. The van der Waals surface area contributed by atoms with Crippen molar-refractivity contribution in [1.29, 1.82) is 0 Å². The number of thiophene rings is 1. The number of aliphatic hydroxyl groups is 1. The molecule has 5 nitrogen and oxygen atoms in total. The second-order valence-electron chi connectivity index (χ2n) is 5.57. The molecule has 2 aromatic heterocycles. The van der Waals surface area contributed by atoms with Gasteiger partial charge < -0.3 is 9.52 Å². The van der Waals surface area contributed by atoms with Gasteiger partial charge in [0.25, 0.3) is 0 Å². The predicted octanol–water partition coefficient (Wildman–Crippen LogP) is 3.92. The average Bonchev–Trinajstić information content (AvgIpc) is 3.31. The third-order valence-corrected chi connectivity index (χ3v) is 6.25. The lowest BCUT2D eigenvalue weighted by atomic mass is 10.2. The molecule has 2 heterocycles. The van der Waals surface area contributed by atoms with E-state index in [1.54, 1.807) is 24.3 Å². The minimum absolute atomic E-state index is 0.0566. The standard InChI is InChI=1S/C17H14F3NO4S2/c18-17(19,20)11-3-6-13(7-4-11)27(23,24)21-10-12-5-8-15(26-12)16(22)14-2-1-9-25-14/h1-9,16,21-22H,10H2. The highest BCUT2D eigenvalue weighted by molar-refractivity contribution is 7.89. The highest BCUT2D eigenvalue weighted by atomic mass is 32.2. The lowest BCUT2D eigenvalue weighted by molar-refractivity contribution is -0.137. The molecule has 0 fully saturated rings. The minimum atomic E-state index is -4.53. The third kappa shape index (κ3) is 4.59. The fraction of sp³-hybridized carbons (Fsp3) is 0.176. The maximum absolute atomic E-state index is 12.6. The van der Waals surface area contributed by atoms with E-state index in [1.165, 1.54) is 17.6 Å². The lowest BCUT2D eigenvalue weighted by Crippen LogP contribution is -2.22. The Morgan fingerprint density at radius 1 is 1.11 bits per heavy atom. The van der Waals surface area contributed by atoms with Gasteiger partial charge in [0.05, 0.1) is 16.7 Å². The van der Waals surface area contributed by atoms with E-state index in [9.17, 15) is 26.7 Å². The van der Waals surface area contributed by atoms with Gasteiger partial charge >= 0.3 is 6.18 Å². The summed E-state index contributed by atoms with van der Waals surface area (Å²) in [5.41, 5.74) is -0.920. The molecule has 27 heavy (non-hydrogen) atoms. The van der Waals surface area contributed by atoms with Gasteiger partial charge in [-0.15, -0.1) is 11.3 Å². The maximum Gasteiger partial charge on any atom is 0.416 e. The number of benzene rings is 1. The molecule has 2 N–H and O–H groups in total. The molecule has 1 unspecified atom stereocenters. The van der Waals surface area contributed by atoms with Crippen LogP contribution in [-0.4, -0.2) is 13.5 Å². The Hall–Kier alpha value is -2.14. The van der Waals surface area contributed by atoms with Gasteiger partial charge in [-0.25, -0.2) is 13.1 Å². The molecule has 0 amide bonds. The third-order valence-electron chi connectivity index (χ3n) is 3.69. The van der Waals surface area contributed by atoms with Crippen molar-refractivity contribution in [3.8, 4) is 0 Å². The molecule has 3 aromatic rings. The summed E-state index contributed by atoms with van der Waals surface area (Å²) in [6, 6.07) is 9.83. The number of hydrogen-bond acceptors (Lipinski definition) is 5. The number of rotatable bonds is 6. The first-order valence-corrected chi connectivity index (χ1v) is 9.94. The molecule has 0 spiro atoms. The van der Waals surface area contributed by atoms with E-state index in [4.69, 9.17) is 4.42 Å². The van der Waals surface area contributed by atoms with E-state index in [2.05, 4.69) is 4.72 Å². The van der Waals surface area contributed by atoms with Crippen LogP contribution in [0, 0.1) is 0 Å². The zero-order chi connectivity index (χ0) is 19.7. The van der Waals surface area contributed by atoms with Gasteiger partial charge in [0.2, 0.25) is 10.0 Å². The molecular formula is C17H14F3NO4S2. The topological polar surface area (TPSA) is 79.5 Å². The Labute approximate surface area is 157 Å². The smallest absolute Gasteiger partial charge is 0.416 e. The van der Waals surface area contributed by atoms with E-state index in [1.807, 2.05) is 0 Å². The molecule has 0 aliphatic rings. The number of alkyl halides is 3. The Morgan fingerprint density at radius 2 is 1.81 bits per heavy atom. The second kappa shape index (κ2) is 7.47. The van der Waals surface area contributed by atoms with E-state index >= 15 is 0 Å². The summed E-state index contributed by atoms with van der Waals surface area (Å²) in [6.45, 7) is -0.0566. The largest absolute Gasteiger partial charge is 0.466 e. The number of halogens is 3. The van der Waals surface area contributed by atoms with Crippen molar-refractivity contribution in [2.24, 2.45) is 0 Å². The van der Waals surface area contributed by atoms with Crippen LogP contribution in [0.4, 0.5) is 13.2 Å². The van der Waals surface area contributed by atoms with Crippen LogP contribution in [0.15, 0.2) is 64.1 Å². The van der Waals surface area contributed by atoms with Crippen molar-refractivity contribution in [3.05, 3.63) is 75.9 Å². The SMILES string of the molecule is O=S(=O)(NCc1ccc(C(O)c2ccco2)s1)c1ccc(C(F)(F)F)cc1. The van der Waals surface area contributed by atoms with Crippen LogP contribution in [0.5, 0.6) is 0 Å². The van der Waals surface area contributed by atoms with E-state index < -0.39 is 27.9 Å². The van der Waals surface area contributed by atoms with Crippen LogP contribution >= 0.6 is 11.3 Å². The van der Waals surface area contributed by atoms with E-state index in [-0.39, 0.29) is 11.4 Å². The Balaban J connectivity index is 1.67. The van der Waals surface area contributed by atoms with Crippen LogP contribution in [0.3, 0.4) is 0 Å². The summed E-state index contributed by atoms with van der Waals surface area (Å²) in [4.78, 5) is 0.947. The van der Waals surface area contributed by atoms with Crippen molar-refractivity contribution < 1.29 is 31.1 Å². The molecule has 0 bridgehead atoms. The van der Waals surface area contributed by atoms with Crippen molar-refractivity contribution in [3.63, 3.8) is 0 Å². The molecule has 0 radical (unpaired) electrons. The van der Waals surface area contributed by atoms with Crippen LogP contribution in [0.25, 0.3) is 0 Å². The fourth-order valence-electron chi connectivity index (χ4n) is 2.30. The monoisotopic (exact) mass is 417 g/mol. The molecule has 0 aliphatic carbocycles. The van der Waals surface area contributed by atoms with Crippen molar-refractivity contribution in [2.45, 2.75) is 23.7 Å². The summed E-state index contributed by atoms with van der Waals surface area (Å²) in [5.74, 6) is 0.369. The molecule has 3 rings (SSSR count).